The first-order chi connectivity index (χ1) is 8.67. The maximum Gasteiger partial charge on any atom is 0.227 e. The van der Waals surface area contributed by atoms with Gasteiger partial charge in [-0.25, -0.2) is 0 Å². The predicted octanol–water partition coefficient (Wildman–Crippen LogP) is 3.36. The van der Waals surface area contributed by atoms with E-state index in [0.29, 0.717) is 0 Å². The number of carbonyl (C=O) groups excluding carboxylic acids is 1. The van der Waals surface area contributed by atoms with E-state index in [4.69, 9.17) is 0 Å². The molecule has 1 rings (SSSR count). The lowest BCUT2D eigenvalue weighted by Gasteiger charge is -2.15. The average molecular weight is 251 g/mol. The van der Waals surface area contributed by atoms with Gasteiger partial charge in [0.25, 0.3) is 0 Å². The van der Waals surface area contributed by atoms with Crippen molar-refractivity contribution in [2.45, 2.75) is 52.4 Å². The van der Waals surface area contributed by atoms with Gasteiger partial charge in [0.15, 0.2) is 0 Å². The maximum absolute atomic E-state index is 12.2. The summed E-state index contributed by atoms with van der Waals surface area (Å²) in [6.07, 6.45) is 10.0. The molecule has 0 radical (unpaired) electrons. The largest absolute Gasteiger partial charge is 0.323 e. The Balaban J connectivity index is 2.51. The van der Waals surface area contributed by atoms with Gasteiger partial charge in [0.2, 0.25) is 5.91 Å². The molecule has 0 aliphatic rings. The van der Waals surface area contributed by atoms with Crippen LogP contribution < -0.4 is 5.32 Å². The highest BCUT2D eigenvalue weighted by atomic mass is 16.1. The standard InChI is InChI=1S/C14H25N3O/c1-4-6-8-12(9-7-5-2)14(18)16-13-10-15-17(3)11-13/h10-12H,4-9H2,1-3H3,(H,16,18). The van der Waals surface area contributed by atoms with E-state index in [1.807, 2.05) is 13.2 Å². The lowest BCUT2D eigenvalue weighted by atomic mass is 9.95. The third-order valence-corrected chi connectivity index (χ3v) is 3.16. The summed E-state index contributed by atoms with van der Waals surface area (Å²) < 4.78 is 1.70. The molecule has 4 nitrogen and oxygen atoms in total. The number of nitrogens with one attached hydrogen (secondary N) is 1. The molecule has 0 aromatic carbocycles. The number of unbranched alkanes of at least 4 members (excludes halogenated alkanes) is 2. The van der Waals surface area contributed by atoms with Crippen molar-refractivity contribution >= 4 is 11.6 Å². The topological polar surface area (TPSA) is 46.9 Å². The normalized spacial score (nSPS) is 10.9. The van der Waals surface area contributed by atoms with E-state index in [2.05, 4.69) is 24.3 Å². The lowest BCUT2D eigenvalue weighted by molar-refractivity contribution is -0.120. The number of aryl methyl sites for hydroxylation is 1. The first-order valence-corrected chi connectivity index (χ1v) is 6.96. The molecule has 0 bridgehead atoms. The van der Waals surface area contributed by atoms with E-state index in [9.17, 15) is 4.79 Å². The second kappa shape index (κ2) is 7.90. The second-order valence-electron chi connectivity index (χ2n) is 4.87. The molecule has 1 N–H and O–H groups in total. The molecule has 0 unspecified atom stereocenters. The molecule has 0 saturated carbocycles. The summed E-state index contributed by atoms with van der Waals surface area (Å²) >= 11 is 0. The van der Waals surface area contributed by atoms with Crippen molar-refractivity contribution in [2.24, 2.45) is 13.0 Å². The predicted molar refractivity (Wildman–Crippen MR) is 74.4 cm³/mol. The zero-order valence-corrected chi connectivity index (χ0v) is 11.8. The van der Waals surface area contributed by atoms with E-state index < -0.39 is 0 Å². The van der Waals surface area contributed by atoms with Crippen LogP contribution in [-0.4, -0.2) is 15.7 Å². The third-order valence-electron chi connectivity index (χ3n) is 3.16. The fourth-order valence-electron chi connectivity index (χ4n) is 2.04. The Labute approximate surface area is 110 Å². The van der Waals surface area contributed by atoms with Gasteiger partial charge in [-0.15, -0.1) is 0 Å². The number of hydrogen-bond acceptors (Lipinski definition) is 2. The van der Waals surface area contributed by atoms with Gasteiger partial charge in [-0.3, -0.25) is 9.48 Å². The molecule has 1 aromatic heterocycles. The van der Waals surface area contributed by atoms with Gasteiger partial charge in [0.05, 0.1) is 11.9 Å². The molecule has 0 spiro atoms. The first-order valence-electron chi connectivity index (χ1n) is 6.96. The summed E-state index contributed by atoms with van der Waals surface area (Å²) in [6.45, 7) is 4.33. The van der Waals surface area contributed by atoms with E-state index in [1.54, 1.807) is 10.9 Å². The SMILES string of the molecule is CCCCC(CCCC)C(=O)Nc1cnn(C)c1. The first kappa shape index (κ1) is 14.7. The molecule has 102 valence electrons. The number of carbonyl (C=O) groups is 1. The van der Waals surface area contributed by atoms with Gasteiger partial charge < -0.3 is 5.32 Å². The number of anilines is 1. The van der Waals surface area contributed by atoms with Crippen LogP contribution in [0.15, 0.2) is 12.4 Å². The number of rotatable bonds is 8. The summed E-state index contributed by atoms with van der Waals surface area (Å²) in [4.78, 5) is 12.2. The minimum absolute atomic E-state index is 0.143. The third kappa shape index (κ3) is 4.90. The quantitative estimate of drug-likeness (QED) is 0.770. The van der Waals surface area contributed by atoms with Crippen LogP contribution in [0.4, 0.5) is 5.69 Å². The Kier molecular flexibility index (Phi) is 6.47. The molecule has 4 heteroatoms. The van der Waals surface area contributed by atoms with Crippen LogP contribution in [-0.2, 0) is 11.8 Å². The van der Waals surface area contributed by atoms with Gasteiger partial charge in [-0.05, 0) is 12.8 Å². The zero-order chi connectivity index (χ0) is 13.4. The fourth-order valence-corrected chi connectivity index (χ4v) is 2.04. The van der Waals surface area contributed by atoms with E-state index in [1.165, 1.54) is 0 Å². The van der Waals surface area contributed by atoms with Crippen LogP contribution in [0.25, 0.3) is 0 Å². The van der Waals surface area contributed by atoms with Gasteiger partial charge in [0.1, 0.15) is 0 Å². The van der Waals surface area contributed by atoms with Gasteiger partial charge in [-0.2, -0.15) is 5.10 Å². The highest BCUT2D eigenvalue weighted by molar-refractivity contribution is 5.92. The molecule has 1 aromatic rings. The molecule has 0 atom stereocenters. The number of aromatic nitrogens is 2. The van der Waals surface area contributed by atoms with Crippen molar-refractivity contribution in [3.63, 3.8) is 0 Å². The summed E-state index contributed by atoms with van der Waals surface area (Å²) in [5.74, 6) is 0.287. The Morgan fingerprint density at radius 2 is 1.94 bits per heavy atom. The fraction of sp³-hybridized carbons (Fsp3) is 0.714. The Morgan fingerprint density at radius 3 is 2.39 bits per heavy atom. The van der Waals surface area contributed by atoms with Crippen LogP contribution in [0.1, 0.15) is 52.4 Å². The van der Waals surface area contributed by atoms with E-state index in [-0.39, 0.29) is 11.8 Å². The summed E-state index contributed by atoms with van der Waals surface area (Å²) in [5.41, 5.74) is 0.792. The molecule has 18 heavy (non-hydrogen) atoms. The van der Waals surface area contributed by atoms with Crippen molar-refractivity contribution < 1.29 is 4.79 Å². The summed E-state index contributed by atoms with van der Waals surface area (Å²) in [6, 6.07) is 0. The molecular formula is C14H25N3O. The number of amides is 1. The van der Waals surface area contributed by atoms with Crippen LogP contribution in [0.3, 0.4) is 0 Å². The van der Waals surface area contributed by atoms with E-state index >= 15 is 0 Å². The Bertz CT molecular complexity index is 352. The van der Waals surface area contributed by atoms with Crippen LogP contribution in [0.2, 0.25) is 0 Å². The molecule has 1 amide bonds. The van der Waals surface area contributed by atoms with Crippen LogP contribution in [0, 0.1) is 5.92 Å². The maximum atomic E-state index is 12.2. The molecule has 0 aliphatic carbocycles. The summed E-state index contributed by atoms with van der Waals surface area (Å²) in [7, 11) is 1.85. The monoisotopic (exact) mass is 251 g/mol. The molecule has 0 fully saturated rings. The van der Waals surface area contributed by atoms with Crippen molar-refractivity contribution in [3.05, 3.63) is 12.4 Å². The molecule has 0 saturated heterocycles. The smallest absolute Gasteiger partial charge is 0.227 e. The van der Waals surface area contributed by atoms with Gasteiger partial charge in [-0.1, -0.05) is 39.5 Å². The number of hydrogen-bond donors (Lipinski definition) is 1. The summed E-state index contributed by atoms with van der Waals surface area (Å²) in [5, 5.41) is 7.01. The van der Waals surface area contributed by atoms with Gasteiger partial charge in [0, 0.05) is 19.2 Å². The Hall–Kier alpha value is -1.32. The highest BCUT2D eigenvalue weighted by Crippen LogP contribution is 2.18. The van der Waals surface area contributed by atoms with Crippen molar-refractivity contribution in [2.75, 3.05) is 5.32 Å². The van der Waals surface area contributed by atoms with E-state index in [0.717, 1.165) is 44.2 Å². The molecule has 0 aliphatic heterocycles. The minimum Gasteiger partial charge on any atom is -0.323 e. The average Bonchev–Trinajstić information content (AvgIpc) is 2.75. The molecule has 1 heterocycles. The van der Waals surface area contributed by atoms with Crippen molar-refractivity contribution in [1.82, 2.24) is 9.78 Å². The second-order valence-corrected chi connectivity index (χ2v) is 4.87. The van der Waals surface area contributed by atoms with Gasteiger partial charge >= 0.3 is 0 Å². The number of nitrogens with zero attached hydrogens (tertiary/aromatic N) is 2. The van der Waals surface area contributed by atoms with Crippen LogP contribution in [0.5, 0.6) is 0 Å². The lowest BCUT2D eigenvalue weighted by Crippen LogP contribution is -2.22. The molecular weight excluding hydrogens is 226 g/mol. The van der Waals surface area contributed by atoms with Crippen molar-refractivity contribution in [1.29, 1.82) is 0 Å². The minimum atomic E-state index is 0.143. The van der Waals surface area contributed by atoms with Crippen LogP contribution >= 0.6 is 0 Å². The van der Waals surface area contributed by atoms with Crippen molar-refractivity contribution in [3.8, 4) is 0 Å². The highest BCUT2D eigenvalue weighted by Gasteiger charge is 2.17. The Morgan fingerprint density at radius 1 is 1.33 bits per heavy atom. The zero-order valence-electron chi connectivity index (χ0n) is 11.8.